The topological polar surface area (TPSA) is 292 Å². The van der Waals surface area contributed by atoms with Gasteiger partial charge in [-0.05, 0) is 120 Å². The number of thiophene rings is 1. The average Bonchev–Trinajstić information content (AvgIpc) is 4.30. The highest BCUT2D eigenvalue weighted by molar-refractivity contribution is 8.14. The lowest BCUT2D eigenvalue weighted by Gasteiger charge is -2.23. The Kier molecular flexibility index (Phi) is 22.2. The zero-order valence-corrected chi connectivity index (χ0v) is 48.7. The van der Waals surface area contributed by atoms with Gasteiger partial charge in [0, 0.05) is 64.9 Å². The van der Waals surface area contributed by atoms with Crippen molar-refractivity contribution in [2.75, 3.05) is 44.2 Å². The molecule has 0 aliphatic heterocycles. The lowest BCUT2D eigenvalue weighted by atomic mass is 10.1. The summed E-state index contributed by atoms with van der Waals surface area (Å²) >= 11 is 4.30. The van der Waals surface area contributed by atoms with E-state index >= 15 is 0 Å². The predicted octanol–water partition coefficient (Wildman–Crippen LogP) is 11.0. The Labute approximate surface area is 489 Å². The van der Waals surface area contributed by atoms with Crippen LogP contribution >= 0.6 is 46.6 Å². The molecule has 0 amide bonds. The molecular formula is C56H52N4O15S7. The van der Waals surface area contributed by atoms with Crippen LogP contribution in [0.2, 0.25) is 0 Å². The molecule has 5 aromatic carbocycles. The van der Waals surface area contributed by atoms with E-state index in [1.807, 2.05) is 17.5 Å². The number of carbonyl (C=O) groups is 6. The third-order valence-corrected chi connectivity index (χ3v) is 19.2. The summed E-state index contributed by atoms with van der Waals surface area (Å²) in [5.74, 6) is -0.801. The van der Waals surface area contributed by atoms with Crippen molar-refractivity contribution in [2.24, 2.45) is 0 Å². The SMILES string of the molecule is C.CC(=O)SCC(=O)c1ccc(S(=O)(=O)N(CCO)c2ccc3occc3c2)cn1.CC(=O)SCC(=O)c1ccc(S(=O)(=O)Nc2ccc3occc3c2)cc1.CC(=O)SCC(=O)c1ccc(S(=O)(=O)Nc2ccc3sccc3c2)cc1. The van der Waals surface area contributed by atoms with Crippen molar-refractivity contribution in [2.45, 2.75) is 42.9 Å². The number of rotatable bonds is 20. The predicted molar refractivity (Wildman–Crippen MR) is 324 cm³/mol. The van der Waals surface area contributed by atoms with Crippen LogP contribution < -0.4 is 13.7 Å². The van der Waals surface area contributed by atoms with E-state index in [0.29, 0.717) is 39.4 Å². The fourth-order valence-electron chi connectivity index (χ4n) is 7.28. The van der Waals surface area contributed by atoms with E-state index in [2.05, 4.69) is 14.4 Å². The van der Waals surface area contributed by atoms with E-state index in [-0.39, 0.29) is 90.9 Å². The standard InChI is InChI=1S/C19H18N2O6S2.C18H15NO5S2.C18H15NO4S3.CH4/c1-13(23)28-12-18(24)17-4-3-16(11-20-17)29(25,26)21(7-8-22)15-2-5-19-14(10-15)6-9-27-19;2*1-12(20)25-11-17(21)13-2-5-16(6-3-13)26(22,23)19-15-4-7-18-14(10-15)8-9-24-18;/h2-6,9-11,22H,7-8,12H2,1H3;2*2-10,19H,11H2,1H3;1H4. The van der Waals surface area contributed by atoms with Gasteiger partial charge in [0.2, 0.25) is 0 Å². The maximum Gasteiger partial charge on any atom is 0.265 e. The van der Waals surface area contributed by atoms with Crippen LogP contribution in [0.4, 0.5) is 17.1 Å². The number of sulfonamides is 3. The Morgan fingerprint density at radius 2 is 1.01 bits per heavy atom. The van der Waals surface area contributed by atoms with Crippen molar-refractivity contribution in [3.63, 3.8) is 0 Å². The molecule has 26 heteroatoms. The third-order valence-electron chi connectivity index (χ3n) is 11.2. The molecule has 4 heterocycles. The minimum Gasteiger partial charge on any atom is -0.464 e. The summed E-state index contributed by atoms with van der Waals surface area (Å²) in [6, 6.07) is 34.5. The molecule has 0 fully saturated rings. The summed E-state index contributed by atoms with van der Waals surface area (Å²) < 4.78 is 94.0. The van der Waals surface area contributed by atoms with Crippen LogP contribution in [0.25, 0.3) is 32.0 Å². The number of thioether (sulfide) groups is 3. The monoisotopic (exact) mass is 1240 g/mol. The minimum atomic E-state index is -4.03. The first-order valence-corrected chi connectivity index (χ1v) is 32.0. The van der Waals surface area contributed by atoms with Gasteiger partial charge in [-0.1, -0.05) is 67.0 Å². The Bertz CT molecular complexity index is 3950. The lowest BCUT2D eigenvalue weighted by Crippen LogP contribution is -2.33. The highest BCUT2D eigenvalue weighted by Crippen LogP contribution is 2.29. The molecule has 0 unspecified atom stereocenters. The van der Waals surface area contributed by atoms with Gasteiger partial charge < -0.3 is 13.9 Å². The summed E-state index contributed by atoms with van der Waals surface area (Å²) in [5.41, 5.74) is 3.35. The molecule has 0 aliphatic rings. The second-order valence-corrected chi connectivity index (χ2v) is 26.7. The van der Waals surface area contributed by atoms with E-state index in [9.17, 15) is 59.1 Å². The van der Waals surface area contributed by atoms with E-state index in [1.165, 1.54) is 94.0 Å². The van der Waals surface area contributed by atoms with Gasteiger partial charge in [0.25, 0.3) is 30.1 Å². The van der Waals surface area contributed by atoms with Crippen molar-refractivity contribution in [1.82, 2.24) is 4.98 Å². The molecule has 4 aromatic heterocycles. The Balaban J connectivity index is 0.000000197. The molecule has 19 nitrogen and oxygen atoms in total. The zero-order valence-electron chi connectivity index (χ0n) is 43.0. The van der Waals surface area contributed by atoms with Gasteiger partial charge in [0.15, 0.2) is 32.7 Å². The van der Waals surface area contributed by atoms with Crippen LogP contribution in [0.3, 0.4) is 0 Å². The van der Waals surface area contributed by atoms with Gasteiger partial charge >= 0.3 is 0 Å². The smallest absolute Gasteiger partial charge is 0.265 e. The van der Waals surface area contributed by atoms with Gasteiger partial charge in [-0.2, -0.15) is 0 Å². The van der Waals surface area contributed by atoms with Gasteiger partial charge in [-0.3, -0.25) is 47.5 Å². The summed E-state index contributed by atoms with van der Waals surface area (Å²) in [6.45, 7) is 3.61. The lowest BCUT2D eigenvalue weighted by molar-refractivity contribution is -0.109. The van der Waals surface area contributed by atoms with Crippen molar-refractivity contribution in [3.8, 4) is 0 Å². The summed E-state index contributed by atoms with van der Waals surface area (Å²) in [4.78, 5) is 72.7. The average molecular weight is 1250 g/mol. The highest BCUT2D eigenvalue weighted by atomic mass is 32.2. The number of nitrogens with zero attached hydrogens (tertiary/aromatic N) is 2. The van der Waals surface area contributed by atoms with Gasteiger partial charge in [0.1, 0.15) is 21.8 Å². The van der Waals surface area contributed by atoms with Crippen LogP contribution in [0, 0.1) is 0 Å². The second-order valence-electron chi connectivity index (χ2n) is 17.0. The van der Waals surface area contributed by atoms with Gasteiger partial charge in [-0.15, -0.1) is 11.3 Å². The van der Waals surface area contributed by atoms with Gasteiger partial charge in [0.05, 0.1) is 58.4 Å². The molecule has 3 N–H and O–H groups in total. The number of anilines is 3. The second kappa shape index (κ2) is 28.5. The molecule has 0 saturated carbocycles. The molecule has 0 bridgehead atoms. The molecule has 0 saturated heterocycles. The number of aliphatic hydroxyl groups excluding tert-OH is 1. The molecule has 0 aliphatic carbocycles. The van der Waals surface area contributed by atoms with Crippen molar-refractivity contribution in [1.29, 1.82) is 0 Å². The van der Waals surface area contributed by atoms with Crippen molar-refractivity contribution >= 4 is 158 Å². The first kappa shape index (κ1) is 63.7. The molecule has 0 atom stereocenters. The van der Waals surface area contributed by atoms with Crippen molar-refractivity contribution < 1.29 is 68.0 Å². The number of benzene rings is 5. The van der Waals surface area contributed by atoms with E-state index in [1.54, 1.807) is 72.0 Å². The Morgan fingerprint density at radius 3 is 1.50 bits per heavy atom. The molecule has 82 heavy (non-hydrogen) atoms. The molecule has 9 rings (SSSR count). The molecule has 0 radical (unpaired) electrons. The number of pyridine rings is 1. The Morgan fingerprint density at radius 1 is 0.549 bits per heavy atom. The number of nitrogens with one attached hydrogen (secondary N) is 2. The number of aromatic nitrogens is 1. The largest absolute Gasteiger partial charge is 0.464 e. The van der Waals surface area contributed by atoms with E-state index < -0.39 is 30.1 Å². The normalized spacial score (nSPS) is 11.3. The number of fused-ring (bicyclic) bond motifs is 3. The van der Waals surface area contributed by atoms with Crippen LogP contribution in [0.15, 0.2) is 181 Å². The van der Waals surface area contributed by atoms with Crippen LogP contribution in [-0.2, 0) is 44.5 Å². The summed E-state index contributed by atoms with van der Waals surface area (Å²) in [7, 11) is -11.6. The fraction of sp³-hybridized carbons (Fsp3) is 0.161. The third kappa shape index (κ3) is 17.1. The number of ketones is 3. The van der Waals surface area contributed by atoms with Crippen LogP contribution in [-0.4, -0.2) is 98.4 Å². The fourth-order valence-corrected chi connectivity index (χ4v) is 13.0. The van der Waals surface area contributed by atoms with Crippen molar-refractivity contribution in [3.05, 3.63) is 174 Å². The molecule has 9 aromatic rings. The first-order chi connectivity index (χ1) is 38.5. The summed E-state index contributed by atoms with van der Waals surface area (Å²) in [5, 5.41) is 13.4. The Hall–Kier alpha value is -7.43. The van der Waals surface area contributed by atoms with Gasteiger partial charge in [-0.25, -0.2) is 25.3 Å². The zero-order chi connectivity index (χ0) is 58.5. The number of hydrogen-bond acceptors (Lipinski definition) is 20. The number of Topliss-reactive ketones (excluding diaryl/α,β-unsaturated/α-hetero) is 3. The maximum atomic E-state index is 13.1. The first-order valence-electron chi connectivity index (χ1n) is 23.8. The number of hydrogen-bond donors (Lipinski definition) is 3. The molecule has 428 valence electrons. The van der Waals surface area contributed by atoms with E-state index in [4.69, 9.17) is 8.83 Å². The van der Waals surface area contributed by atoms with E-state index in [0.717, 1.165) is 66.6 Å². The highest BCUT2D eigenvalue weighted by Gasteiger charge is 2.26. The molecule has 0 spiro atoms. The maximum absolute atomic E-state index is 13.1. The number of aliphatic hydroxyl groups is 1. The molecular weight excluding hydrogens is 1190 g/mol. The minimum absolute atomic E-state index is 0. The number of carbonyl (C=O) groups excluding carboxylic acids is 6. The quantitative estimate of drug-likeness (QED) is 0.0598. The summed E-state index contributed by atoms with van der Waals surface area (Å²) in [6.07, 6.45) is 4.13. The van der Waals surface area contributed by atoms with Crippen LogP contribution in [0.5, 0.6) is 0 Å². The number of furan rings is 2. The van der Waals surface area contributed by atoms with Crippen LogP contribution in [0.1, 0.15) is 59.4 Å².